The Bertz CT molecular complexity index is 928. The molecule has 0 saturated carbocycles. The molecule has 0 amide bonds. The lowest BCUT2D eigenvalue weighted by Crippen LogP contribution is -2.48. The molecule has 0 spiro atoms. The van der Waals surface area contributed by atoms with Crippen molar-refractivity contribution in [2.24, 2.45) is 0 Å². The molecule has 7 nitrogen and oxygen atoms in total. The van der Waals surface area contributed by atoms with Gasteiger partial charge in [0.25, 0.3) is 0 Å². The average Bonchev–Trinajstić information content (AvgIpc) is 2.94. The molecule has 2 aromatic rings. The van der Waals surface area contributed by atoms with Crippen molar-refractivity contribution in [1.82, 2.24) is 24.0 Å². The molecule has 0 radical (unpaired) electrons. The normalized spacial score (nSPS) is 19.3. The van der Waals surface area contributed by atoms with E-state index in [0.717, 1.165) is 36.7 Å². The first kappa shape index (κ1) is 20.5. The molecule has 3 heterocycles. The van der Waals surface area contributed by atoms with Gasteiger partial charge in [0.2, 0.25) is 10.0 Å². The van der Waals surface area contributed by atoms with Gasteiger partial charge in [-0.05, 0) is 36.5 Å². The van der Waals surface area contributed by atoms with Crippen LogP contribution in [0.4, 0.5) is 0 Å². The first-order valence-electron chi connectivity index (χ1n) is 10.7. The minimum atomic E-state index is -3.44. The zero-order valence-electron chi connectivity index (χ0n) is 17.4. The molecule has 1 saturated heterocycles. The summed E-state index contributed by atoms with van der Waals surface area (Å²) in [6.45, 7) is 8.40. The van der Waals surface area contributed by atoms with Gasteiger partial charge in [-0.3, -0.25) is 4.90 Å². The molecular weight excluding hydrogens is 386 g/mol. The summed E-state index contributed by atoms with van der Waals surface area (Å²) in [4.78, 5) is 2.67. The fourth-order valence-corrected chi connectivity index (χ4v) is 5.59. The van der Waals surface area contributed by atoms with E-state index in [0.29, 0.717) is 37.0 Å². The van der Waals surface area contributed by atoms with E-state index in [1.165, 1.54) is 19.3 Å². The summed E-state index contributed by atoms with van der Waals surface area (Å²) < 4.78 is 29.9. The number of piperazine rings is 1. The molecule has 0 N–H and O–H groups in total. The zero-order chi connectivity index (χ0) is 20.4. The van der Waals surface area contributed by atoms with E-state index < -0.39 is 10.0 Å². The number of aryl methyl sites for hydroxylation is 1. The maximum absolute atomic E-state index is 13.0. The van der Waals surface area contributed by atoms with Crippen LogP contribution in [-0.4, -0.2) is 58.6 Å². The number of nitrogens with zero attached hydrogens (tertiary/aromatic N) is 5. The van der Waals surface area contributed by atoms with E-state index in [-0.39, 0.29) is 0 Å². The van der Waals surface area contributed by atoms with E-state index in [1.54, 1.807) is 16.4 Å². The highest BCUT2D eigenvalue weighted by molar-refractivity contribution is 7.89. The van der Waals surface area contributed by atoms with Crippen LogP contribution in [-0.2, 0) is 29.5 Å². The quantitative estimate of drug-likeness (QED) is 0.748. The smallest absolute Gasteiger partial charge is 0.243 e. The average molecular weight is 418 g/mol. The Hall–Kier alpha value is -1.77. The molecule has 2 aliphatic heterocycles. The van der Waals surface area contributed by atoms with Crippen molar-refractivity contribution in [2.75, 3.05) is 26.2 Å². The Morgan fingerprint density at radius 2 is 1.66 bits per heavy atom. The molecule has 1 aromatic heterocycles. The van der Waals surface area contributed by atoms with Crippen molar-refractivity contribution < 1.29 is 8.42 Å². The second-order valence-electron chi connectivity index (χ2n) is 8.40. The predicted octanol–water partition coefficient (Wildman–Crippen LogP) is 2.63. The fourth-order valence-electron chi connectivity index (χ4n) is 4.16. The maximum atomic E-state index is 13.0. The van der Waals surface area contributed by atoms with E-state index in [4.69, 9.17) is 0 Å². The zero-order valence-corrected chi connectivity index (χ0v) is 18.2. The molecule has 0 bridgehead atoms. The van der Waals surface area contributed by atoms with Crippen LogP contribution in [0.1, 0.15) is 56.2 Å². The van der Waals surface area contributed by atoms with E-state index in [1.807, 2.05) is 12.1 Å². The van der Waals surface area contributed by atoms with Crippen molar-refractivity contribution in [2.45, 2.75) is 63.4 Å². The molecule has 0 unspecified atom stereocenters. The third kappa shape index (κ3) is 4.39. The van der Waals surface area contributed by atoms with Crippen molar-refractivity contribution >= 4 is 10.0 Å². The number of fused-ring (bicyclic) bond motifs is 1. The minimum Gasteiger partial charge on any atom is -0.314 e. The molecule has 158 valence electrons. The summed E-state index contributed by atoms with van der Waals surface area (Å²) in [7, 11) is -3.44. The van der Waals surface area contributed by atoms with Gasteiger partial charge in [0, 0.05) is 39.1 Å². The van der Waals surface area contributed by atoms with E-state index in [9.17, 15) is 8.42 Å². The molecule has 29 heavy (non-hydrogen) atoms. The maximum Gasteiger partial charge on any atom is 0.243 e. The van der Waals surface area contributed by atoms with Crippen LogP contribution in [0, 0.1) is 0 Å². The Balaban J connectivity index is 1.38. The van der Waals surface area contributed by atoms with Crippen molar-refractivity contribution in [1.29, 1.82) is 0 Å². The first-order valence-corrected chi connectivity index (χ1v) is 12.1. The molecule has 1 aromatic carbocycles. The molecule has 4 rings (SSSR count). The summed E-state index contributed by atoms with van der Waals surface area (Å²) >= 11 is 0. The lowest BCUT2D eigenvalue weighted by Gasteiger charge is -2.33. The number of benzene rings is 1. The lowest BCUT2D eigenvalue weighted by molar-refractivity contribution is 0.176. The van der Waals surface area contributed by atoms with Crippen molar-refractivity contribution in [3.8, 4) is 0 Å². The Morgan fingerprint density at radius 1 is 0.931 bits per heavy atom. The topological polar surface area (TPSA) is 71.3 Å². The van der Waals surface area contributed by atoms with Crippen LogP contribution in [0.3, 0.4) is 0 Å². The first-order chi connectivity index (χ1) is 13.9. The van der Waals surface area contributed by atoms with Crippen LogP contribution in [0.5, 0.6) is 0 Å². The third-order valence-electron chi connectivity index (χ3n) is 6.07. The van der Waals surface area contributed by atoms with E-state index >= 15 is 0 Å². The molecule has 1 fully saturated rings. The van der Waals surface area contributed by atoms with Gasteiger partial charge in [-0.25, -0.2) is 8.42 Å². The van der Waals surface area contributed by atoms with Crippen LogP contribution in [0.15, 0.2) is 29.2 Å². The number of sulfonamides is 1. The number of hydrogen-bond donors (Lipinski definition) is 0. The number of hydrogen-bond acceptors (Lipinski definition) is 5. The van der Waals surface area contributed by atoms with Gasteiger partial charge in [0.1, 0.15) is 11.6 Å². The minimum absolute atomic E-state index is 0.387. The van der Waals surface area contributed by atoms with Gasteiger partial charge in [0.15, 0.2) is 0 Å². The Morgan fingerprint density at radius 3 is 2.34 bits per heavy atom. The molecule has 2 aliphatic rings. The summed E-state index contributed by atoms with van der Waals surface area (Å²) in [6, 6.07) is 7.32. The van der Waals surface area contributed by atoms with Crippen LogP contribution in [0.25, 0.3) is 0 Å². The Kier molecular flexibility index (Phi) is 6.03. The highest BCUT2D eigenvalue weighted by Gasteiger charge is 2.29. The molecular formula is C21H31N5O2S. The highest BCUT2D eigenvalue weighted by atomic mass is 32.2. The lowest BCUT2D eigenvalue weighted by atomic mass is 10.0. The Labute approximate surface area is 173 Å². The van der Waals surface area contributed by atoms with Crippen LogP contribution < -0.4 is 0 Å². The van der Waals surface area contributed by atoms with Gasteiger partial charge >= 0.3 is 0 Å². The third-order valence-corrected chi connectivity index (χ3v) is 7.98. The number of rotatable bonds is 5. The van der Waals surface area contributed by atoms with Gasteiger partial charge in [0.05, 0.1) is 11.4 Å². The standard InChI is InChI=1S/C21H31N5O2S/c1-17(2)18-7-9-19(10-8-18)29(27,28)25-14-12-24(13-15-25)16-21-23-22-20-6-4-3-5-11-26(20)21/h7-10,17H,3-6,11-16H2,1-2H3. The SMILES string of the molecule is CC(C)c1ccc(S(=O)(=O)N2CCN(Cc3nnc4n3CCCCC4)CC2)cc1. The van der Waals surface area contributed by atoms with Crippen molar-refractivity contribution in [3.05, 3.63) is 41.5 Å². The summed E-state index contributed by atoms with van der Waals surface area (Å²) in [5, 5.41) is 8.79. The summed E-state index contributed by atoms with van der Waals surface area (Å²) in [5.74, 6) is 2.51. The van der Waals surface area contributed by atoms with Gasteiger partial charge in [-0.15, -0.1) is 10.2 Å². The molecule has 0 aliphatic carbocycles. The van der Waals surface area contributed by atoms with Gasteiger partial charge < -0.3 is 4.57 Å². The largest absolute Gasteiger partial charge is 0.314 e. The van der Waals surface area contributed by atoms with Crippen LogP contribution >= 0.6 is 0 Å². The summed E-state index contributed by atoms with van der Waals surface area (Å²) in [5.41, 5.74) is 1.15. The fraction of sp³-hybridized carbons (Fsp3) is 0.619. The highest BCUT2D eigenvalue weighted by Crippen LogP contribution is 2.22. The van der Waals surface area contributed by atoms with Gasteiger partial charge in [-0.1, -0.05) is 32.4 Å². The van der Waals surface area contributed by atoms with E-state index in [2.05, 4.69) is 33.5 Å². The monoisotopic (exact) mass is 417 g/mol. The predicted molar refractivity (Wildman–Crippen MR) is 112 cm³/mol. The second kappa shape index (κ2) is 8.53. The second-order valence-corrected chi connectivity index (χ2v) is 10.3. The molecule has 8 heteroatoms. The van der Waals surface area contributed by atoms with Crippen LogP contribution in [0.2, 0.25) is 0 Å². The van der Waals surface area contributed by atoms with Gasteiger partial charge in [-0.2, -0.15) is 4.31 Å². The molecule has 0 atom stereocenters. The van der Waals surface area contributed by atoms with Crippen molar-refractivity contribution in [3.63, 3.8) is 0 Å². The summed E-state index contributed by atoms with van der Waals surface area (Å²) in [6.07, 6.45) is 4.62. The number of aromatic nitrogens is 3.